The highest BCUT2D eigenvalue weighted by Gasteiger charge is 2.25. The van der Waals surface area contributed by atoms with E-state index in [0.29, 0.717) is 15.9 Å². The van der Waals surface area contributed by atoms with Gasteiger partial charge in [-0.25, -0.2) is 9.36 Å². The fourth-order valence-electron chi connectivity index (χ4n) is 4.11. The van der Waals surface area contributed by atoms with Crippen LogP contribution in [-0.2, 0) is 11.3 Å². The first-order valence-electron chi connectivity index (χ1n) is 9.98. The summed E-state index contributed by atoms with van der Waals surface area (Å²) >= 11 is 1.30. The van der Waals surface area contributed by atoms with Crippen molar-refractivity contribution in [3.63, 3.8) is 0 Å². The number of fused-ring (bicyclic) bond motifs is 1. The van der Waals surface area contributed by atoms with Gasteiger partial charge in [0.1, 0.15) is 11.2 Å². The molecule has 3 aromatic rings. The summed E-state index contributed by atoms with van der Waals surface area (Å²) in [5.74, 6) is -0.0713. The number of hydrogen-bond acceptors (Lipinski definition) is 4. The Morgan fingerprint density at radius 3 is 2.72 bits per heavy atom. The van der Waals surface area contributed by atoms with Crippen molar-refractivity contribution in [3.05, 3.63) is 61.6 Å². The van der Waals surface area contributed by atoms with E-state index in [1.54, 1.807) is 11.4 Å². The van der Waals surface area contributed by atoms with E-state index in [9.17, 15) is 14.4 Å². The van der Waals surface area contributed by atoms with Gasteiger partial charge in [0.15, 0.2) is 0 Å². The van der Waals surface area contributed by atoms with Gasteiger partial charge in [0.25, 0.3) is 5.56 Å². The van der Waals surface area contributed by atoms with Crippen LogP contribution in [0, 0.1) is 13.8 Å². The summed E-state index contributed by atoms with van der Waals surface area (Å²) in [6.07, 6.45) is 3.09. The molecule has 0 aliphatic carbocycles. The van der Waals surface area contributed by atoms with Gasteiger partial charge in [-0.05, 0) is 68.7 Å². The molecule has 29 heavy (non-hydrogen) atoms. The SMILES string of the molecule is Cc1ccc(C)c(-n2c(=O)c3sccc3n(CC(=O)N3CCCCC3C)c2=O)c1. The summed E-state index contributed by atoms with van der Waals surface area (Å²) in [5, 5.41) is 1.80. The second-order valence-electron chi connectivity index (χ2n) is 7.87. The Morgan fingerprint density at radius 1 is 1.17 bits per heavy atom. The first-order chi connectivity index (χ1) is 13.9. The van der Waals surface area contributed by atoms with Gasteiger partial charge in [-0.15, -0.1) is 11.3 Å². The van der Waals surface area contributed by atoms with Gasteiger partial charge >= 0.3 is 5.69 Å². The summed E-state index contributed by atoms with van der Waals surface area (Å²) in [6.45, 7) is 6.53. The molecule has 0 spiro atoms. The molecule has 1 amide bonds. The molecular weight excluding hydrogens is 386 g/mol. The average Bonchev–Trinajstić information content (AvgIpc) is 3.18. The van der Waals surface area contributed by atoms with E-state index >= 15 is 0 Å². The van der Waals surface area contributed by atoms with Crippen LogP contribution < -0.4 is 11.2 Å². The van der Waals surface area contributed by atoms with E-state index in [0.717, 1.165) is 36.9 Å². The predicted octanol–water partition coefficient (Wildman–Crippen LogP) is 3.23. The summed E-state index contributed by atoms with van der Waals surface area (Å²) in [7, 11) is 0. The van der Waals surface area contributed by atoms with E-state index < -0.39 is 5.69 Å². The zero-order chi connectivity index (χ0) is 20.7. The number of carbonyl (C=O) groups excluding carboxylic acids is 1. The number of aryl methyl sites for hydroxylation is 2. The van der Waals surface area contributed by atoms with Crippen molar-refractivity contribution >= 4 is 27.5 Å². The van der Waals surface area contributed by atoms with Gasteiger partial charge < -0.3 is 4.90 Å². The molecule has 0 N–H and O–H groups in total. The third-order valence-electron chi connectivity index (χ3n) is 5.78. The van der Waals surface area contributed by atoms with E-state index in [2.05, 4.69) is 6.92 Å². The van der Waals surface area contributed by atoms with Gasteiger partial charge in [-0.3, -0.25) is 14.2 Å². The van der Waals surface area contributed by atoms with E-state index in [1.807, 2.05) is 36.9 Å². The van der Waals surface area contributed by atoms with Crippen LogP contribution in [0.15, 0.2) is 39.2 Å². The van der Waals surface area contributed by atoms with Crippen molar-refractivity contribution in [2.45, 2.75) is 52.6 Å². The van der Waals surface area contributed by atoms with Gasteiger partial charge in [-0.1, -0.05) is 12.1 Å². The zero-order valence-corrected chi connectivity index (χ0v) is 17.8. The summed E-state index contributed by atoms with van der Waals surface area (Å²) in [4.78, 5) is 41.5. The maximum Gasteiger partial charge on any atom is 0.336 e. The first kappa shape index (κ1) is 19.6. The number of thiophene rings is 1. The fraction of sp³-hybridized carbons (Fsp3) is 0.409. The minimum absolute atomic E-state index is 0.0540. The number of aromatic nitrogens is 2. The molecule has 1 unspecified atom stereocenters. The molecule has 1 aliphatic heterocycles. The second-order valence-corrected chi connectivity index (χ2v) is 8.78. The number of rotatable bonds is 3. The molecule has 0 bridgehead atoms. The molecule has 0 saturated carbocycles. The summed E-state index contributed by atoms with van der Waals surface area (Å²) < 4.78 is 3.16. The molecule has 152 valence electrons. The van der Waals surface area contributed by atoms with E-state index in [-0.39, 0.29) is 24.1 Å². The molecule has 1 aliphatic rings. The molecular formula is C22H25N3O3S. The van der Waals surface area contributed by atoms with Crippen molar-refractivity contribution < 1.29 is 4.79 Å². The number of benzene rings is 1. The highest BCUT2D eigenvalue weighted by atomic mass is 32.1. The normalized spacial score (nSPS) is 17.1. The predicted molar refractivity (Wildman–Crippen MR) is 116 cm³/mol. The van der Waals surface area contributed by atoms with Crippen molar-refractivity contribution in [2.75, 3.05) is 6.54 Å². The minimum Gasteiger partial charge on any atom is -0.338 e. The molecule has 1 fully saturated rings. The fourth-order valence-corrected chi connectivity index (χ4v) is 4.93. The number of hydrogen-bond donors (Lipinski definition) is 0. The van der Waals surface area contributed by atoms with Crippen molar-refractivity contribution in [1.82, 2.24) is 14.0 Å². The van der Waals surface area contributed by atoms with Gasteiger partial charge in [0.05, 0.1) is 11.2 Å². The number of likely N-dealkylation sites (tertiary alicyclic amines) is 1. The quantitative estimate of drug-likeness (QED) is 0.665. The summed E-state index contributed by atoms with van der Waals surface area (Å²) in [6, 6.07) is 7.63. The zero-order valence-electron chi connectivity index (χ0n) is 17.0. The van der Waals surface area contributed by atoms with Gasteiger partial charge in [0.2, 0.25) is 5.91 Å². The molecule has 3 heterocycles. The Hall–Kier alpha value is -2.67. The molecule has 6 nitrogen and oxygen atoms in total. The highest BCUT2D eigenvalue weighted by molar-refractivity contribution is 7.17. The van der Waals surface area contributed by atoms with Crippen molar-refractivity contribution in [1.29, 1.82) is 0 Å². The van der Waals surface area contributed by atoms with Crippen LogP contribution in [0.1, 0.15) is 37.3 Å². The molecule has 1 saturated heterocycles. The number of nitrogens with zero attached hydrogens (tertiary/aromatic N) is 3. The lowest BCUT2D eigenvalue weighted by Gasteiger charge is -2.33. The smallest absolute Gasteiger partial charge is 0.336 e. The van der Waals surface area contributed by atoms with Crippen LogP contribution in [0.5, 0.6) is 0 Å². The van der Waals surface area contributed by atoms with Crippen LogP contribution in [0.3, 0.4) is 0 Å². The lowest BCUT2D eigenvalue weighted by atomic mass is 10.0. The Morgan fingerprint density at radius 2 is 1.97 bits per heavy atom. The lowest BCUT2D eigenvalue weighted by molar-refractivity contribution is -0.135. The molecule has 4 rings (SSSR count). The van der Waals surface area contributed by atoms with E-state index in [4.69, 9.17) is 0 Å². The third-order valence-corrected chi connectivity index (χ3v) is 6.67. The lowest BCUT2D eigenvalue weighted by Crippen LogP contribution is -2.46. The number of piperidine rings is 1. The van der Waals surface area contributed by atoms with Crippen LogP contribution in [0.4, 0.5) is 0 Å². The second kappa shape index (κ2) is 7.63. The largest absolute Gasteiger partial charge is 0.338 e. The first-order valence-corrected chi connectivity index (χ1v) is 10.9. The number of carbonyl (C=O) groups is 1. The van der Waals surface area contributed by atoms with Crippen molar-refractivity contribution in [2.24, 2.45) is 0 Å². The topological polar surface area (TPSA) is 64.3 Å². The standard InChI is InChI=1S/C22H25N3O3S/c1-14-7-8-15(2)18(12-14)25-21(27)20-17(9-11-29-20)24(22(25)28)13-19(26)23-10-5-4-6-16(23)3/h7-9,11-12,16H,4-6,10,13H2,1-3H3. The number of amides is 1. The Labute approximate surface area is 173 Å². The Kier molecular flexibility index (Phi) is 5.17. The third kappa shape index (κ3) is 3.44. The van der Waals surface area contributed by atoms with Crippen LogP contribution in [-0.4, -0.2) is 32.5 Å². The summed E-state index contributed by atoms with van der Waals surface area (Å²) in [5.41, 5.74) is 2.12. The van der Waals surface area contributed by atoms with Crippen LogP contribution in [0.25, 0.3) is 15.9 Å². The monoisotopic (exact) mass is 411 g/mol. The van der Waals surface area contributed by atoms with Gasteiger partial charge in [-0.2, -0.15) is 0 Å². The molecule has 0 radical (unpaired) electrons. The molecule has 1 atom stereocenters. The Balaban J connectivity index is 1.88. The van der Waals surface area contributed by atoms with Crippen LogP contribution in [0.2, 0.25) is 0 Å². The maximum atomic E-state index is 13.4. The van der Waals surface area contributed by atoms with E-state index in [1.165, 1.54) is 20.5 Å². The molecule has 7 heteroatoms. The van der Waals surface area contributed by atoms with Crippen LogP contribution >= 0.6 is 11.3 Å². The highest BCUT2D eigenvalue weighted by Crippen LogP contribution is 2.20. The maximum absolute atomic E-state index is 13.4. The minimum atomic E-state index is -0.465. The molecule has 1 aromatic carbocycles. The Bertz CT molecular complexity index is 1200. The molecule has 2 aromatic heterocycles. The van der Waals surface area contributed by atoms with Crippen molar-refractivity contribution in [3.8, 4) is 5.69 Å². The average molecular weight is 412 g/mol. The van der Waals surface area contributed by atoms with Gasteiger partial charge in [0, 0.05) is 12.6 Å².